The van der Waals surface area contributed by atoms with Gasteiger partial charge in [-0.15, -0.1) is 0 Å². The fourth-order valence-electron chi connectivity index (χ4n) is 1.68. The summed E-state index contributed by atoms with van der Waals surface area (Å²) in [7, 11) is 0. The standard InChI is InChI=1S/C12H11FN2O/c1-2-11-14-6-7-15(11)12-9(8-16)4-3-5-10(12)13/h3-8H,2H2,1H3. The van der Waals surface area contributed by atoms with Crippen LogP contribution in [0.1, 0.15) is 23.1 Å². The summed E-state index contributed by atoms with van der Waals surface area (Å²) in [5, 5.41) is 0. The van der Waals surface area contributed by atoms with Crippen molar-refractivity contribution < 1.29 is 9.18 Å². The number of rotatable bonds is 3. The van der Waals surface area contributed by atoms with Crippen molar-refractivity contribution in [3.63, 3.8) is 0 Å². The van der Waals surface area contributed by atoms with E-state index in [1.165, 1.54) is 12.1 Å². The van der Waals surface area contributed by atoms with Crippen molar-refractivity contribution in [1.29, 1.82) is 0 Å². The highest BCUT2D eigenvalue weighted by atomic mass is 19.1. The first kappa shape index (κ1) is 10.5. The molecule has 82 valence electrons. The van der Waals surface area contributed by atoms with Gasteiger partial charge in [-0.3, -0.25) is 4.79 Å². The first-order valence-corrected chi connectivity index (χ1v) is 5.04. The molecule has 3 nitrogen and oxygen atoms in total. The highest BCUT2D eigenvalue weighted by Gasteiger charge is 2.12. The normalized spacial score (nSPS) is 10.4. The van der Waals surface area contributed by atoms with Crippen molar-refractivity contribution in [1.82, 2.24) is 9.55 Å². The molecule has 0 spiro atoms. The quantitative estimate of drug-likeness (QED) is 0.741. The monoisotopic (exact) mass is 218 g/mol. The summed E-state index contributed by atoms with van der Waals surface area (Å²) in [6, 6.07) is 4.44. The van der Waals surface area contributed by atoms with Crippen molar-refractivity contribution in [2.45, 2.75) is 13.3 Å². The van der Waals surface area contributed by atoms with Crippen LogP contribution in [0.3, 0.4) is 0 Å². The Morgan fingerprint density at radius 2 is 2.31 bits per heavy atom. The van der Waals surface area contributed by atoms with Gasteiger partial charge in [0.15, 0.2) is 6.29 Å². The van der Waals surface area contributed by atoms with Gasteiger partial charge in [0.05, 0.1) is 5.69 Å². The molecule has 16 heavy (non-hydrogen) atoms. The molecule has 2 rings (SSSR count). The van der Waals surface area contributed by atoms with Crippen molar-refractivity contribution >= 4 is 6.29 Å². The third kappa shape index (κ3) is 1.62. The molecule has 1 heterocycles. The Hall–Kier alpha value is -1.97. The molecule has 0 aliphatic carbocycles. The van der Waals surface area contributed by atoms with Crippen LogP contribution in [0.4, 0.5) is 4.39 Å². The van der Waals surface area contributed by atoms with Gasteiger partial charge < -0.3 is 4.57 Å². The summed E-state index contributed by atoms with van der Waals surface area (Å²) in [4.78, 5) is 15.0. The molecule has 1 aromatic carbocycles. The molecule has 0 unspecified atom stereocenters. The van der Waals surface area contributed by atoms with Gasteiger partial charge in [-0.1, -0.05) is 13.0 Å². The molecule has 0 aliphatic heterocycles. The van der Waals surface area contributed by atoms with Gasteiger partial charge in [0, 0.05) is 24.4 Å². The number of hydrogen-bond acceptors (Lipinski definition) is 2. The number of benzene rings is 1. The smallest absolute Gasteiger partial charge is 0.152 e. The number of halogens is 1. The molecule has 0 fully saturated rings. The van der Waals surface area contributed by atoms with Gasteiger partial charge >= 0.3 is 0 Å². The predicted octanol–water partition coefficient (Wildman–Crippen LogP) is 2.39. The molecule has 0 bridgehead atoms. The van der Waals surface area contributed by atoms with Crippen molar-refractivity contribution in [2.75, 3.05) is 0 Å². The molecule has 0 aliphatic rings. The number of carbonyl (C=O) groups is 1. The topological polar surface area (TPSA) is 34.9 Å². The molecule has 0 atom stereocenters. The largest absolute Gasteiger partial charge is 0.300 e. The van der Waals surface area contributed by atoms with Gasteiger partial charge in [0.1, 0.15) is 11.6 Å². The number of imidazole rings is 1. The minimum atomic E-state index is -0.419. The van der Waals surface area contributed by atoms with E-state index in [0.717, 1.165) is 5.82 Å². The van der Waals surface area contributed by atoms with Gasteiger partial charge in [0.2, 0.25) is 0 Å². The fraction of sp³-hybridized carbons (Fsp3) is 0.167. The maximum atomic E-state index is 13.7. The van der Waals surface area contributed by atoms with Crippen molar-refractivity contribution in [2.24, 2.45) is 0 Å². The van der Waals surface area contributed by atoms with Crippen LogP contribution in [0.5, 0.6) is 0 Å². The third-order valence-electron chi connectivity index (χ3n) is 2.42. The Morgan fingerprint density at radius 3 is 3.00 bits per heavy atom. The Balaban J connectivity index is 2.67. The first-order valence-electron chi connectivity index (χ1n) is 5.04. The van der Waals surface area contributed by atoms with E-state index in [2.05, 4.69) is 4.98 Å². The van der Waals surface area contributed by atoms with Crippen LogP contribution in [0.25, 0.3) is 5.69 Å². The summed E-state index contributed by atoms with van der Waals surface area (Å²) in [6.45, 7) is 1.93. The average molecular weight is 218 g/mol. The molecule has 1 aromatic heterocycles. The van der Waals surface area contributed by atoms with Crippen LogP contribution in [0.15, 0.2) is 30.6 Å². The minimum absolute atomic E-state index is 0.270. The van der Waals surface area contributed by atoms with E-state index in [0.29, 0.717) is 18.3 Å². The van der Waals surface area contributed by atoms with E-state index in [1.54, 1.807) is 23.0 Å². The number of aldehydes is 1. The Kier molecular flexibility index (Phi) is 2.81. The maximum Gasteiger partial charge on any atom is 0.152 e. The van der Waals surface area contributed by atoms with E-state index in [9.17, 15) is 9.18 Å². The van der Waals surface area contributed by atoms with Crippen molar-refractivity contribution in [3.8, 4) is 5.69 Å². The Bertz CT molecular complexity index is 519. The van der Waals surface area contributed by atoms with Crippen LogP contribution < -0.4 is 0 Å². The summed E-state index contributed by atoms with van der Waals surface area (Å²) < 4.78 is 15.3. The molecule has 0 saturated heterocycles. The van der Waals surface area contributed by atoms with Crippen LogP contribution in [-0.4, -0.2) is 15.8 Å². The van der Waals surface area contributed by atoms with Crippen LogP contribution in [-0.2, 0) is 6.42 Å². The van der Waals surface area contributed by atoms with Gasteiger partial charge in [-0.2, -0.15) is 0 Å². The number of para-hydroxylation sites is 1. The fourth-order valence-corrected chi connectivity index (χ4v) is 1.68. The summed E-state index contributed by atoms with van der Waals surface area (Å²) in [5.41, 5.74) is 0.597. The second-order valence-electron chi connectivity index (χ2n) is 3.36. The van der Waals surface area contributed by atoms with E-state index in [-0.39, 0.29) is 5.69 Å². The molecule has 0 radical (unpaired) electrons. The number of aromatic nitrogens is 2. The minimum Gasteiger partial charge on any atom is -0.300 e. The molecule has 4 heteroatoms. The summed E-state index contributed by atoms with van der Waals surface area (Å²) in [5.74, 6) is 0.311. The molecule has 0 saturated carbocycles. The SMILES string of the molecule is CCc1nccn1-c1c(F)cccc1C=O. The zero-order valence-electron chi connectivity index (χ0n) is 8.85. The molecule has 0 amide bonds. The van der Waals surface area contributed by atoms with Crippen molar-refractivity contribution in [3.05, 3.63) is 47.8 Å². The Labute approximate surface area is 92.5 Å². The number of nitrogens with zero attached hydrogens (tertiary/aromatic N) is 2. The zero-order chi connectivity index (χ0) is 11.5. The lowest BCUT2D eigenvalue weighted by Crippen LogP contribution is -2.05. The van der Waals surface area contributed by atoms with E-state index in [1.807, 2.05) is 6.92 Å². The lowest BCUT2D eigenvalue weighted by molar-refractivity contribution is 0.112. The van der Waals surface area contributed by atoms with Gasteiger partial charge in [0.25, 0.3) is 0 Å². The average Bonchev–Trinajstić information content (AvgIpc) is 2.76. The number of carbonyl (C=O) groups excluding carboxylic acids is 1. The summed E-state index contributed by atoms with van der Waals surface area (Å²) in [6.07, 6.45) is 4.58. The van der Waals surface area contributed by atoms with E-state index >= 15 is 0 Å². The molecule has 2 aromatic rings. The highest BCUT2D eigenvalue weighted by molar-refractivity contribution is 5.81. The molecule has 0 N–H and O–H groups in total. The Morgan fingerprint density at radius 1 is 1.50 bits per heavy atom. The maximum absolute atomic E-state index is 13.7. The van der Waals surface area contributed by atoms with E-state index < -0.39 is 5.82 Å². The lowest BCUT2D eigenvalue weighted by atomic mass is 10.2. The third-order valence-corrected chi connectivity index (χ3v) is 2.42. The molecular weight excluding hydrogens is 207 g/mol. The van der Waals surface area contributed by atoms with E-state index in [4.69, 9.17) is 0 Å². The van der Waals surface area contributed by atoms with Gasteiger partial charge in [-0.05, 0) is 12.1 Å². The second kappa shape index (κ2) is 4.26. The molecular formula is C12H11FN2O. The highest BCUT2D eigenvalue weighted by Crippen LogP contribution is 2.19. The lowest BCUT2D eigenvalue weighted by Gasteiger charge is -2.09. The number of aryl methyl sites for hydroxylation is 1. The number of hydrogen-bond donors (Lipinski definition) is 0. The second-order valence-corrected chi connectivity index (χ2v) is 3.36. The van der Waals surface area contributed by atoms with Crippen LogP contribution in [0, 0.1) is 5.82 Å². The zero-order valence-corrected chi connectivity index (χ0v) is 8.85. The summed E-state index contributed by atoms with van der Waals surface area (Å²) >= 11 is 0. The van der Waals surface area contributed by atoms with Crippen LogP contribution in [0.2, 0.25) is 0 Å². The first-order chi connectivity index (χ1) is 7.77. The van der Waals surface area contributed by atoms with Gasteiger partial charge in [-0.25, -0.2) is 9.37 Å². The predicted molar refractivity (Wildman–Crippen MR) is 58.3 cm³/mol. The van der Waals surface area contributed by atoms with Crippen LogP contribution >= 0.6 is 0 Å².